The molecular formula is C21H29N5O4S. The summed E-state index contributed by atoms with van der Waals surface area (Å²) in [5.74, 6) is 1.87. The molecule has 2 aliphatic rings. The maximum absolute atomic E-state index is 12.7. The predicted octanol–water partition coefficient (Wildman–Crippen LogP) is 2.62. The third-order valence-corrected chi connectivity index (χ3v) is 6.30. The summed E-state index contributed by atoms with van der Waals surface area (Å²) >= 11 is 1.33. The Bertz CT molecular complexity index is 884. The van der Waals surface area contributed by atoms with E-state index in [0.29, 0.717) is 24.9 Å². The maximum Gasteiger partial charge on any atom is 0.230 e. The second kappa shape index (κ2) is 10.3. The van der Waals surface area contributed by atoms with E-state index in [1.54, 1.807) is 4.68 Å². The van der Waals surface area contributed by atoms with Gasteiger partial charge in [-0.1, -0.05) is 31.7 Å². The van der Waals surface area contributed by atoms with Crippen LogP contribution in [0, 0.1) is 5.92 Å². The van der Waals surface area contributed by atoms with Gasteiger partial charge in [0.1, 0.15) is 0 Å². The van der Waals surface area contributed by atoms with Crippen molar-refractivity contribution in [2.24, 2.45) is 5.92 Å². The predicted molar refractivity (Wildman–Crippen MR) is 115 cm³/mol. The van der Waals surface area contributed by atoms with Crippen LogP contribution in [0.1, 0.15) is 44.7 Å². The highest BCUT2D eigenvalue weighted by Gasteiger charge is 2.23. The number of nitrogens with one attached hydrogen (secondary N) is 1. The third kappa shape index (κ3) is 5.68. The summed E-state index contributed by atoms with van der Waals surface area (Å²) in [4.78, 5) is 12.7. The van der Waals surface area contributed by atoms with E-state index < -0.39 is 0 Å². The fraction of sp³-hybridized carbons (Fsp3) is 0.619. The first-order valence-electron chi connectivity index (χ1n) is 10.8. The van der Waals surface area contributed by atoms with Gasteiger partial charge in [-0.2, -0.15) is 0 Å². The minimum Gasteiger partial charge on any atom is -0.490 e. The quantitative estimate of drug-likeness (QED) is 0.617. The lowest BCUT2D eigenvalue weighted by Gasteiger charge is -2.24. The summed E-state index contributed by atoms with van der Waals surface area (Å²) in [5.41, 5.74) is 1.00. The Morgan fingerprint density at radius 1 is 1.23 bits per heavy atom. The molecule has 0 aliphatic carbocycles. The van der Waals surface area contributed by atoms with Gasteiger partial charge in [-0.25, -0.2) is 4.68 Å². The van der Waals surface area contributed by atoms with Gasteiger partial charge in [0.25, 0.3) is 0 Å². The highest BCUT2D eigenvalue weighted by atomic mass is 32.2. The lowest BCUT2D eigenvalue weighted by atomic mass is 9.95. The van der Waals surface area contributed by atoms with E-state index in [1.807, 2.05) is 18.2 Å². The van der Waals surface area contributed by atoms with E-state index in [2.05, 4.69) is 34.7 Å². The molecule has 0 spiro atoms. The molecule has 3 heterocycles. The molecule has 0 radical (unpaired) electrons. The Balaban J connectivity index is 1.36. The summed E-state index contributed by atoms with van der Waals surface area (Å²) in [5, 5.41) is 15.6. The van der Waals surface area contributed by atoms with E-state index in [9.17, 15) is 4.79 Å². The molecular weight excluding hydrogens is 418 g/mol. The Morgan fingerprint density at radius 3 is 2.84 bits per heavy atom. The summed E-state index contributed by atoms with van der Waals surface area (Å²) in [6.07, 6.45) is 3.07. The molecule has 2 aliphatic heterocycles. The molecule has 0 unspecified atom stereocenters. The normalized spacial score (nSPS) is 19.3. The minimum absolute atomic E-state index is 0.0672. The van der Waals surface area contributed by atoms with Crippen molar-refractivity contribution in [3.05, 3.63) is 23.8 Å². The van der Waals surface area contributed by atoms with Crippen molar-refractivity contribution in [3.63, 3.8) is 0 Å². The topological polar surface area (TPSA) is 100 Å². The molecule has 1 aromatic heterocycles. The van der Waals surface area contributed by atoms with Crippen molar-refractivity contribution >= 4 is 17.7 Å². The number of amides is 1. The van der Waals surface area contributed by atoms with Crippen LogP contribution in [-0.2, 0) is 16.1 Å². The van der Waals surface area contributed by atoms with Gasteiger partial charge in [0.2, 0.25) is 11.1 Å². The molecule has 2 aromatic rings. The Labute approximate surface area is 186 Å². The largest absolute Gasteiger partial charge is 0.490 e. The van der Waals surface area contributed by atoms with Gasteiger partial charge < -0.3 is 19.5 Å². The summed E-state index contributed by atoms with van der Waals surface area (Å²) in [6, 6.07) is 5.76. The lowest BCUT2D eigenvalue weighted by molar-refractivity contribution is -0.119. The van der Waals surface area contributed by atoms with E-state index in [-0.39, 0.29) is 29.7 Å². The van der Waals surface area contributed by atoms with Crippen molar-refractivity contribution in [1.29, 1.82) is 0 Å². The molecule has 9 nitrogen and oxygen atoms in total. The molecule has 1 aromatic carbocycles. The number of hydrogen-bond acceptors (Lipinski definition) is 8. The monoisotopic (exact) mass is 447 g/mol. The van der Waals surface area contributed by atoms with Crippen molar-refractivity contribution in [1.82, 2.24) is 25.5 Å². The van der Waals surface area contributed by atoms with Crippen LogP contribution in [0.15, 0.2) is 23.4 Å². The minimum atomic E-state index is -0.131. The number of rotatable bonds is 8. The van der Waals surface area contributed by atoms with E-state index in [1.165, 1.54) is 11.8 Å². The number of fused-ring (bicyclic) bond motifs is 1. The number of benzene rings is 1. The molecule has 10 heteroatoms. The number of ether oxygens (including phenoxy) is 3. The van der Waals surface area contributed by atoms with Gasteiger partial charge in [0, 0.05) is 13.0 Å². The summed E-state index contributed by atoms with van der Waals surface area (Å²) in [7, 11) is 0. The first kappa shape index (κ1) is 21.9. The van der Waals surface area contributed by atoms with Gasteiger partial charge in [-0.05, 0) is 46.9 Å². The number of carbonyl (C=O) groups is 1. The molecule has 168 valence electrons. The average molecular weight is 448 g/mol. The Morgan fingerprint density at radius 2 is 2.06 bits per heavy atom. The van der Waals surface area contributed by atoms with Crippen molar-refractivity contribution < 1.29 is 19.0 Å². The molecule has 1 amide bonds. The van der Waals surface area contributed by atoms with Gasteiger partial charge in [0.05, 0.1) is 37.7 Å². The van der Waals surface area contributed by atoms with Gasteiger partial charge in [-0.3, -0.25) is 4.79 Å². The van der Waals surface area contributed by atoms with Crippen molar-refractivity contribution in [3.8, 4) is 11.5 Å². The maximum atomic E-state index is 12.7. The Kier molecular flexibility index (Phi) is 7.29. The van der Waals surface area contributed by atoms with Crippen molar-refractivity contribution in [2.75, 3.05) is 25.6 Å². The number of thioether (sulfide) groups is 1. The zero-order valence-corrected chi connectivity index (χ0v) is 18.8. The molecule has 0 saturated carbocycles. The zero-order chi connectivity index (χ0) is 21.6. The fourth-order valence-corrected chi connectivity index (χ4v) is 4.45. The second-order valence-corrected chi connectivity index (χ2v) is 9.06. The number of nitrogens with zero attached hydrogens (tertiary/aromatic N) is 4. The van der Waals surface area contributed by atoms with Crippen LogP contribution in [0.4, 0.5) is 0 Å². The fourth-order valence-electron chi connectivity index (χ4n) is 3.75. The van der Waals surface area contributed by atoms with E-state index in [0.717, 1.165) is 42.9 Å². The Hall–Kier alpha value is -2.33. The third-order valence-electron chi connectivity index (χ3n) is 5.35. The average Bonchev–Trinajstić information content (AvgIpc) is 3.37. The molecule has 1 saturated heterocycles. The number of hydrogen-bond donors (Lipinski definition) is 1. The van der Waals surface area contributed by atoms with Gasteiger partial charge in [-0.15, -0.1) is 5.10 Å². The smallest absolute Gasteiger partial charge is 0.230 e. The zero-order valence-electron chi connectivity index (χ0n) is 18.0. The lowest BCUT2D eigenvalue weighted by Crippen LogP contribution is -2.33. The van der Waals surface area contributed by atoms with E-state index >= 15 is 0 Å². The highest BCUT2D eigenvalue weighted by Crippen LogP contribution is 2.34. The summed E-state index contributed by atoms with van der Waals surface area (Å²) < 4.78 is 18.9. The SMILES string of the molecule is CC(C)[C@H](NC(=O)CSc1nnnn1C[C@H]1CCCO1)c1ccc2c(c1)OCCCO2. The number of tetrazole rings is 1. The first-order valence-corrected chi connectivity index (χ1v) is 11.8. The van der Waals surface area contributed by atoms with E-state index in [4.69, 9.17) is 14.2 Å². The second-order valence-electron chi connectivity index (χ2n) is 8.11. The molecule has 31 heavy (non-hydrogen) atoms. The molecule has 2 atom stereocenters. The van der Waals surface area contributed by atoms with Crippen LogP contribution in [0.3, 0.4) is 0 Å². The van der Waals surface area contributed by atoms with Crippen LogP contribution in [0.5, 0.6) is 11.5 Å². The van der Waals surface area contributed by atoms with Crippen LogP contribution in [0.2, 0.25) is 0 Å². The van der Waals surface area contributed by atoms with Gasteiger partial charge in [0.15, 0.2) is 11.5 Å². The van der Waals surface area contributed by atoms with Crippen molar-refractivity contribution in [2.45, 2.75) is 57.0 Å². The number of aromatic nitrogens is 4. The van der Waals surface area contributed by atoms with Gasteiger partial charge >= 0.3 is 0 Å². The van der Waals surface area contributed by atoms with Crippen LogP contribution in [-0.4, -0.2) is 57.8 Å². The van der Waals surface area contributed by atoms with Crippen LogP contribution < -0.4 is 14.8 Å². The standard InChI is InChI=1S/C21H29N5O4S/c1-14(2)20(15-6-7-17-18(11-15)30-10-4-9-29-17)22-19(27)13-31-21-23-24-25-26(21)12-16-5-3-8-28-16/h6-7,11,14,16,20H,3-5,8-10,12-13H2,1-2H3,(H,22,27)/t16-,20+/m1/s1. The van der Waals surface area contributed by atoms with Crippen LogP contribution >= 0.6 is 11.8 Å². The number of carbonyl (C=O) groups excluding carboxylic acids is 1. The first-order chi connectivity index (χ1) is 15.1. The highest BCUT2D eigenvalue weighted by molar-refractivity contribution is 7.99. The molecule has 1 fully saturated rings. The molecule has 0 bridgehead atoms. The molecule has 4 rings (SSSR count). The molecule has 1 N–H and O–H groups in total. The van der Waals surface area contributed by atoms with Crippen LogP contribution in [0.25, 0.3) is 0 Å². The summed E-state index contributed by atoms with van der Waals surface area (Å²) in [6.45, 7) is 6.86.